The number of nitrogens with one attached hydrogen (secondary N) is 3. The van der Waals surface area contributed by atoms with Gasteiger partial charge in [0.1, 0.15) is 23.1 Å². The second kappa shape index (κ2) is 18.2. The number of halogens is 3. The van der Waals surface area contributed by atoms with Crippen molar-refractivity contribution in [3.8, 4) is 17.5 Å². The molecular formula is C37H46F3N7O8. The minimum atomic E-state index is -4.64. The summed E-state index contributed by atoms with van der Waals surface area (Å²) in [5.41, 5.74) is 0.442. The second-order valence-corrected chi connectivity index (χ2v) is 14.2. The molecule has 0 radical (unpaired) electrons. The molecule has 18 heteroatoms. The number of carbonyl (C=O) groups is 3. The van der Waals surface area contributed by atoms with E-state index in [0.717, 1.165) is 24.8 Å². The van der Waals surface area contributed by atoms with E-state index in [2.05, 4.69) is 30.9 Å². The van der Waals surface area contributed by atoms with Gasteiger partial charge in [-0.1, -0.05) is 12.1 Å². The zero-order chi connectivity index (χ0) is 39.6. The lowest BCUT2D eigenvalue weighted by molar-refractivity contribution is -0.154. The summed E-state index contributed by atoms with van der Waals surface area (Å²) in [5.74, 6) is -2.00. The summed E-state index contributed by atoms with van der Waals surface area (Å²) in [5, 5.41) is 18.7. The molecule has 6 bridgehead atoms. The van der Waals surface area contributed by atoms with Crippen LogP contribution in [0, 0.1) is 5.92 Å². The fourth-order valence-corrected chi connectivity index (χ4v) is 5.93. The van der Waals surface area contributed by atoms with Gasteiger partial charge in [0.15, 0.2) is 6.61 Å². The first-order chi connectivity index (χ1) is 26.1. The van der Waals surface area contributed by atoms with Crippen LogP contribution in [0.1, 0.15) is 75.2 Å². The molecule has 4 heterocycles. The number of ether oxygens (including phenoxy) is 4. The third-order valence-electron chi connectivity index (χ3n) is 8.53. The van der Waals surface area contributed by atoms with Crippen LogP contribution in [0.2, 0.25) is 0 Å². The number of carbonyl (C=O) groups excluding carboxylic acids is 2. The molecule has 55 heavy (non-hydrogen) atoms. The Hall–Kier alpha value is -5.55. The number of hydrogen-bond acceptors (Lipinski definition) is 12. The van der Waals surface area contributed by atoms with Crippen LogP contribution in [-0.2, 0) is 16.1 Å². The van der Waals surface area contributed by atoms with Crippen molar-refractivity contribution < 1.29 is 51.6 Å². The highest BCUT2D eigenvalue weighted by Gasteiger charge is 2.36. The van der Waals surface area contributed by atoms with Crippen LogP contribution in [-0.4, -0.2) is 93.7 Å². The summed E-state index contributed by atoms with van der Waals surface area (Å²) in [7, 11) is 0. The summed E-state index contributed by atoms with van der Waals surface area (Å²) in [6.45, 7) is 5.02. The smallest absolute Gasteiger partial charge is 0.422 e. The minimum Gasteiger partial charge on any atom is -0.494 e. The topological polar surface area (TPSA) is 186 Å². The first kappa shape index (κ1) is 40.6. The third kappa shape index (κ3) is 12.8. The van der Waals surface area contributed by atoms with Crippen LogP contribution in [0.25, 0.3) is 0 Å². The fourth-order valence-electron chi connectivity index (χ4n) is 5.93. The first-order valence-electron chi connectivity index (χ1n) is 18.1. The molecule has 0 saturated carbocycles. The molecule has 0 aliphatic carbocycles. The maximum absolute atomic E-state index is 13.8. The van der Waals surface area contributed by atoms with E-state index in [1.807, 2.05) is 24.3 Å². The number of anilines is 3. The zero-order valence-electron chi connectivity index (χ0n) is 30.9. The fraction of sp³-hybridized carbons (Fsp3) is 0.514. The number of amides is 2. The van der Waals surface area contributed by atoms with Gasteiger partial charge in [-0.05, 0) is 89.1 Å². The molecule has 6 rings (SSSR count). The van der Waals surface area contributed by atoms with Gasteiger partial charge in [0.05, 0.1) is 18.8 Å². The van der Waals surface area contributed by atoms with Crippen LogP contribution >= 0.6 is 0 Å². The number of piperidine rings is 1. The molecular weight excluding hydrogens is 727 g/mol. The van der Waals surface area contributed by atoms with Crippen LogP contribution in [0.5, 0.6) is 17.5 Å². The van der Waals surface area contributed by atoms with E-state index >= 15 is 0 Å². The molecule has 3 aliphatic rings. The van der Waals surface area contributed by atoms with Crippen molar-refractivity contribution in [2.75, 3.05) is 43.5 Å². The Kier molecular flexibility index (Phi) is 13.4. The molecule has 15 nitrogen and oxygen atoms in total. The highest BCUT2D eigenvalue weighted by molar-refractivity contribution is 5.99. The minimum absolute atomic E-state index is 0.0418. The Bertz CT molecular complexity index is 1790. The molecule has 298 valence electrons. The maximum Gasteiger partial charge on any atom is 0.422 e. The highest BCUT2D eigenvalue weighted by Crippen LogP contribution is 2.29. The number of aliphatic carboxylic acids is 1. The van der Waals surface area contributed by atoms with Gasteiger partial charge in [-0.3, -0.25) is 4.79 Å². The predicted octanol–water partition coefficient (Wildman–Crippen LogP) is 6.33. The lowest BCUT2D eigenvalue weighted by atomic mass is 9.90. The second-order valence-electron chi connectivity index (χ2n) is 14.2. The Morgan fingerprint density at radius 1 is 0.964 bits per heavy atom. The zero-order valence-corrected chi connectivity index (χ0v) is 30.9. The number of alkyl halides is 3. The first-order valence-corrected chi connectivity index (χ1v) is 18.1. The van der Waals surface area contributed by atoms with Crippen molar-refractivity contribution in [3.63, 3.8) is 0 Å². The molecule has 4 N–H and O–H groups in total. The summed E-state index contributed by atoms with van der Waals surface area (Å²) >= 11 is 0. The maximum atomic E-state index is 13.8. The van der Waals surface area contributed by atoms with Gasteiger partial charge in [-0.15, -0.1) is 0 Å². The summed E-state index contributed by atoms with van der Waals surface area (Å²) < 4.78 is 61.3. The number of carboxylic acids is 1. The quantitative estimate of drug-likeness (QED) is 0.218. The van der Waals surface area contributed by atoms with Gasteiger partial charge in [-0.25, -0.2) is 9.59 Å². The number of benzene rings is 2. The number of hydrogen-bond donors (Lipinski definition) is 4. The molecule has 1 aromatic heterocycles. The molecule has 1 saturated heterocycles. The largest absolute Gasteiger partial charge is 0.494 e. The van der Waals surface area contributed by atoms with E-state index in [1.165, 1.54) is 23.1 Å². The average Bonchev–Trinajstić information content (AvgIpc) is 3.12. The number of rotatable bonds is 6. The van der Waals surface area contributed by atoms with Crippen molar-refractivity contribution in [3.05, 3.63) is 53.6 Å². The van der Waals surface area contributed by atoms with E-state index < -0.39 is 54.3 Å². The van der Waals surface area contributed by atoms with E-state index in [-0.39, 0.29) is 42.9 Å². The molecule has 2 atom stereocenters. The summed E-state index contributed by atoms with van der Waals surface area (Å²) in [6, 6.07) is 9.82. The van der Waals surface area contributed by atoms with Crippen molar-refractivity contribution in [2.45, 2.75) is 83.7 Å². The standard InChI is InChI=1S/C37H46F3N7O8/c1-36(2,3)55-35(51)47-16-8-9-24(21-47)29(31(49)50)43-30(48)27-15-12-25-19-28(27)53-18-7-5-4-6-17-52-26-13-10-23(11-14-26)20-41-32-44-33(42-25)46-34(45-32)54-22-37(38,39)40/h10-15,19,24,29H,4-9,16-18,20-22H2,1-3H3,(H,43,48)(H,49,50)(H2,41,42,44,45,46). The number of nitrogens with zero attached hydrogens (tertiary/aromatic N) is 4. The SMILES string of the molecule is CC(C)(C)OC(=O)N1CCCC(C(NC(=O)c2ccc3cc2OCCCCCCOc2ccc(cc2)CNc2nc(nc(OCC(F)(F)F)n2)N3)C(=O)O)C1. The molecule has 1 fully saturated rings. The van der Waals surface area contributed by atoms with E-state index in [4.69, 9.17) is 18.9 Å². The molecule has 2 unspecified atom stereocenters. The third-order valence-corrected chi connectivity index (χ3v) is 8.53. The molecule has 2 amide bonds. The van der Waals surface area contributed by atoms with Gasteiger partial charge in [0.25, 0.3) is 5.91 Å². The molecule has 0 spiro atoms. The lowest BCUT2D eigenvalue weighted by Crippen LogP contribution is -2.53. The Labute approximate surface area is 316 Å². The lowest BCUT2D eigenvalue weighted by Gasteiger charge is -2.36. The van der Waals surface area contributed by atoms with Crippen LogP contribution in [0.15, 0.2) is 42.5 Å². The van der Waals surface area contributed by atoms with Gasteiger partial charge in [0.2, 0.25) is 11.9 Å². The van der Waals surface area contributed by atoms with Gasteiger partial charge in [0, 0.05) is 37.3 Å². The highest BCUT2D eigenvalue weighted by atomic mass is 19.4. The van der Waals surface area contributed by atoms with Gasteiger partial charge < -0.3 is 44.9 Å². The Morgan fingerprint density at radius 2 is 1.67 bits per heavy atom. The van der Waals surface area contributed by atoms with Crippen LogP contribution < -0.4 is 30.2 Å². The van der Waals surface area contributed by atoms with Crippen molar-refractivity contribution in [1.29, 1.82) is 0 Å². The van der Waals surface area contributed by atoms with Gasteiger partial charge >= 0.3 is 24.2 Å². The van der Waals surface area contributed by atoms with E-state index in [0.29, 0.717) is 43.9 Å². The van der Waals surface area contributed by atoms with Crippen molar-refractivity contribution >= 4 is 35.6 Å². The van der Waals surface area contributed by atoms with Crippen LogP contribution in [0.3, 0.4) is 0 Å². The number of fused-ring (bicyclic) bond motifs is 10. The molecule has 2 aromatic carbocycles. The summed E-state index contributed by atoms with van der Waals surface area (Å²) in [6.07, 6.45) is -1.12. The number of carboxylic acid groups (broad SMARTS) is 1. The normalized spacial score (nSPS) is 17.5. The Morgan fingerprint density at radius 3 is 2.36 bits per heavy atom. The Balaban J connectivity index is 1.39. The monoisotopic (exact) mass is 773 g/mol. The summed E-state index contributed by atoms with van der Waals surface area (Å²) in [4.78, 5) is 52.8. The molecule has 3 aromatic rings. The number of aromatic nitrogens is 3. The predicted molar refractivity (Wildman–Crippen MR) is 194 cm³/mol. The van der Waals surface area contributed by atoms with Crippen LogP contribution in [0.4, 0.5) is 35.5 Å². The van der Waals surface area contributed by atoms with Crippen molar-refractivity contribution in [1.82, 2.24) is 25.2 Å². The average molecular weight is 774 g/mol. The molecule has 3 aliphatic heterocycles. The van der Waals surface area contributed by atoms with Gasteiger partial charge in [-0.2, -0.15) is 28.1 Å². The van der Waals surface area contributed by atoms with E-state index in [9.17, 15) is 32.7 Å². The van der Waals surface area contributed by atoms with E-state index in [1.54, 1.807) is 20.8 Å². The van der Waals surface area contributed by atoms with Crippen molar-refractivity contribution in [2.24, 2.45) is 5.92 Å². The number of likely N-dealkylation sites (tertiary alicyclic amines) is 1.